The number of hydrogen-bond acceptors (Lipinski definition) is 2. The van der Waals surface area contributed by atoms with Gasteiger partial charge in [-0.2, -0.15) is 0 Å². The summed E-state index contributed by atoms with van der Waals surface area (Å²) in [6.07, 6.45) is 3.87. The molecule has 1 fully saturated rings. The fourth-order valence-electron chi connectivity index (χ4n) is 3.28. The van der Waals surface area contributed by atoms with Crippen molar-refractivity contribution in [1.29, 1.82) is 0 Å². The average Bonchev–Trinajstić information content (AvgIpc) is 2.97. The summed E-state index contributed by atoms with van der Waals surface area (Å²) in [5.74, 6) is 0.410. The van der Waals surface area contributed by atoms with Gasteiger partial charge in [0.15, 0.2) is 0 Å². The Kier molecular flexibility index (Phi) is 4.53. The smallest absolute Gasteiger partial charge is 0.267 e. The highest BCUT2D eigenvalue weighted by Crippen LogP contribution is 2.25. The fourth-order valence-corrected chi connectivity index (χ4v) is 3.28. The summed E-state index contributed by atoms with van der Waals surface area (Å²) in [5, 5.41) is 7.83. The predicted octanol–water partition coefficient (Wildman–Crippen LogP) is 4.08. The van der Waals surface area contributed by atoms with Gasteiger partial charge in [-0.3, -0.25) is 4.79 Å². The minimum atomic E-state index is -0.0441. The SMILES string of the molecule is Cc1ccc2[nH]c(C(=O)N[C@H]3CC[C@H](CN=[N+]=[N-])CC3)cc2c1. The Balaban J connectivity index is 1.59. The molecule has 1 heterocycles. The molecule has 6 heteroatoms. The zero-order valence-electron chi connectivity index (χ0n) is 13.2. The second-order valence-corrected chi connectivity index (χ2v) is 6.38. The van der Waals surface area contributed by atoms with Gasteiger partial charge in [0.1, 0.15) is 5.69 Å². The molecule has 1 aromatic heterocycles. The number of azide groups is 1. The molecule has 0 saturated heterocycles. The number of amides is 1. The monoisotopic (exact) mass is 311 g/mol. The summed E-state index contributed by atoms with van der Waals surface area (Å²) in [6, 6.07) is 8.22. The van der Waals surface area contributed by atoms with E-state index in [4.69, 9.17) is 5.53 Å². The summed E-state index contributed by atoms with van der Waals surface area (Å²) in [7, 11) is 0. The van der Waals surface area contributed by atoms with Gasteiger partial charge in [-0.1, -0.05) is 16.7 Å². The number of nitrogens with zero attached hydrogens (tertiary/aromatic N) is 3. The molecule has 1 aromatic carbocycles. The third kappa shape index (κ3) is 3.66. The van der Waals surface area contributed by atoms with Crippen LogP contribution in [0.4, 0.5) is 0 Å². The molecule has 0 unspecified atom stereocenters. The Morgan fingerprint density at radius 3 is 2.87 bits per heavy atom. The van der Waals surface area contributed by atoms with Crippen molar-refractivity contribution < 1.29 is 4.79 Å². The lowest BCUT2D eigenvalue weighted by Gasteiger charge is -2.28. The normalized spacial score (nSPS) is 20.9. The zero-order valence-corrected chi connectivity index (χ0v) is 13.2. The highest BCUT2D eigenvalue weighted by molar-refractivity contribution is 5.98. The average molecular weight is 311 g/mol. The van der Waals surface area contributed by atoms with Gasteiger partial charge in [0.05, 0.1) is 0 Å². The Morgan fingerprint density at radius 1 is 1.35 bits per heavy atom. The Morgan fingerprint density at radius 2 is 2.13 bits per heavy atom. The van der Waals surface area contributed by atoms with Crippen LogP contribution in [0.3, 0.4) is 0 Å². The van der Waals surface area contributed by atoms with E-state index in [1.807, 2.05) is 25.1 Å². The lowest BCUT2D eigenvalue weighted by atomic mass is 9.86. The van der Waals surface area contributed by atoms with Crippen LogP contribution >= 0.6 is 0 Å². The van der Waals surface area contributed by atoms with Gasteiger partial charge in [-0.15, -0.1) is 0 Å². The van der Waals surface area contributed by atoms with Gasteiger partial charge in [-0.25, -0.2) is 0 Å². The van der Waals surface area contributed by atoms with E-state index >= 15 is 0 Å². The highest BCUT2D eigenvalue weighted by atomic mass is 16.1. The molecular formula is C17H21N5O. The van der Waals surface area contributed by atoms with Crippen LogP contribution in [0.2, 0.25) is 0 Å². The summed E-state index contributed by atoms with van der Waals surface area (Å²) in [6.45, 7) is 2.61. The van der Waals surface area contributed by atoms with E-state index in [1.165, 1.54) is 5.56 Å². The van der Waals surface area contributed by atoms with Crippen molar-refractivity contribution in [3.05, 3.63) is 46.0 Å². The van der Waals surface area contributed by atoms with Crippen molar-refractivity contribution in [2.45, 2.75) is 38.6 Å². The van der Waals surface area contributed by atoms with Crippen molar-refractivity contribution in [3.8, 4) is 0 Å². The summed E-state index contributed by atoms with van der Waals surface area (Å²) in [4.78, 5) is 18.4. The van der Waals surface area contributed by atoms with Crippen molar-refractivity contribution in [3.63, 3.8) is 0 Å². The minimum absolute atomic E-state index is 0.0441. The number of aromatic nitrogens is 1. The molecule has 0 radical (unpaired) electrons. The van der Waals surface area contributed by atoms with Gasteiger partial charge < -0.3 is 10.3 Å². The number of nitrogens with one attached hydrogen (secondary N) is 2. The van der Waals surface area contributed by atoms with Crippen molar-refractivity contribution in [2.24, 2.45) is 11.0 Å². The molecule has 0 bridgehead atoms. The lowest BCUT2D eigenvalue weighted by molar-refractivity contribution is 0.0918. The van der Waals surface area contributed by atoms with Gasteiger partial charge in [-0.05, 0) is 62.3 Å². The van der Waals surface area contributed by atoms with Crippen LogP contribution in [-0.2, 0) is 0 Å². The highest BCUT2D eigenvalue weighted by Gasteiger charge is 2.22. The standard InChI is InChI=1S/C17H21N5O/c1-11-2-7-15-13(8-11)9-16(21-15)17(23)20-14-5-3-12(4-6-14)10-19-22-18/h2,7-9,12,14,21H,3-6,10H2,1H3,(H,20,23)/t12-,14-. The number of aromatic amines is 1. The third-order valence-corrected chi connectivity index (χ3v) is 4.61. The number of carbonyl (C=O) groups is 1. The van der Waals surface area contributed by atoms with E-state index in [0.717, 1.165) is 36.6 Å². The summed E-state index contributed by atoms with van der Waals surface area (Å²) >= 11 is 0. The number of H-pyrrole nitrogens is 1. The van der Waals surface area contributed by atoms with Gasteiger partial charge in [0.2, 0.25) is 0 Å². The maximum absolute atomic E-state index is 12.4. The molecular weight excluding hydrogens is 290 g/mol. The van der Waals surface area contributed by atoms with Crippen molar-refractivity contribution >= 4 is 16.8 Å². The van der Waals surface area contributed by atoms with E-state index in [2.05, 4.69) is 26.4 Å². The third-order valence-electron chi connectivity index (χ3n) is 4.61. The van der Waals surface area contributed by atoms with Crippen molar-refractivity contribution in [1.82, 2.24) is 10.3 Å². The number of hydrogen-bond donors (Lipinski definition) is 2. The molecule has 2 N–H and O–H groups in total. The summed E-state index contributed by atoms with van der Waals surface area (Å²) in [5.41, 5.74) is 11.1. The predicted molar refractivity (Wildman–Crippen MR) is 90.3 cm³/mol. The van der Waals surface area contributed by atoms with Crippen LogP contribution in [0.1, 0.15) is 41.7 Å². The first-order chi connectivity index (χ1) is 11.2. The van der Waals surface area contributed by atoms with Gasteiger partial charge >= 0.3 is 0 Å². The van der Waals surface area contributed by atoms with E-state index in [9.17, 15) is 4.79 Å². The molecule has 1 amide bonds. The molecule has 23 heavy (non-hydrogen) atoms. The van der Waals surface area contributed by atoms with Crippen LogP contribution in [0.5, 0.6) is 0 Å². The quantitative estimate of drug-likeness (QED) is 0.497. The van der Waals surface area contributed by atoms with E-state index in [1.54, 1.807) is 0 Å². The molecule has 1 aliphatic carbocycles. The van der Waals surface area contributed by atoms with E-state index < -0.39 is 0 Å². The molecule has 6 nitrogen and oxygen atoms in total. The first-order valence-electron chi connectivity index (χ1n) is 8.07. The molecule has 0 atom stereocenters. The lowest BCUT2D eigenvalue weighted by Crippen LogP contribution is -2.38. The number of benzene rings is 1. The molecule has 0 spiro atoms. The van der Waals surface area contributed by atoms with Gasteiger partial charge in [0, 0.05) is 28.4 Å². The number of rotatable bonds is 4. The molecule has 2 aromatic rings. The minimum Gasteiger partial charge on any atom is -0.351 e. The van der Waals surface area contributed by atoms with E-state index in [0.29, 0.717) is 18.2 Å². The van der Waals surface area contributed by atoms with E-state index in [-0.39, 0.29) is 11.9 Å². The number of aryl methyl sites for hydroxylation is 1. The molecule has 1 aliphatic rings. The largest absolute Gasteiger partial charge is 0.351 e. The molecule has 1 saturated carbocycles. The number of fused-ring (bicyclic) bond motifs is 1. The Hall–Kier alpha value is -2.46. The van der Waals surface area contributed by atoms with Gasteiger partial charge in [0.25, 0.3) is 5.91 Å². The summed E-state index contributed by atoms with van der Waals surface area (Å²) < 4.78 is 0. The first-order valence-corrected chi connectivity index (χ1v) is 8.07. The Bertz CT molecular complexity index is 751. The topological polar surface area (TPSA) is 93.6 Å². The number of carbonyl (C=O) groups excluding carboxylic acids is 1. The Labute approximate surface area is 134 Å². The maximum Gasteiger partial charge on any atom is 0.267 e. The molecule has 120 valence electrons. The van der Waals surface area contributed by atoms with Crippen LogP contribution in [0.15, 0.2) is 29.4 Å². The molecule has 3 rings (SSSR count). The maximum atomic E-state index is 12.4. The fraction of sp³-hybridized carbons (Fsp3) is 0.471. The van der Waals surface area contributed by atoms with Crippen LogP contribution in [0, 0.1) is 12.8 Å². The first kappa shape index (κ1) is 15.4. The molecule has 0 aliphatic heterocycles. The van der Waals surface area contributed by atoms with Crippen LogP contribution in [-0.4, -0.2) is 23.5 Å². The zero-order chi connectivity index (χ0) is 16.2. The second-order valence-electron chi connectivity index (χ2n) is 6.38. The van der Waals surface area contributed by atoms with Crippen LogP contribution in [0.25, 0.3) is 21.3 Å². The second kappa shape index (κ2) is 6.75. The van der Waals surface area contributed by atoms with Crippen LogP contribution < -0.4 is 5.32 Å². The van der Waals surface area contributed by atoms with Crippen molar-refractivity contribution in [2.75, 3.05) is 6.54 Å².